The molecule has 3 saturated heterocycles. The first-order valence-electron chi connectivity index (χ1n) is 12.2. The molecule has 0 aliphatic carbocycles. The highest BCUT2D eigenvalue weighted by molar-refractivity contribution is 5.98. The highest BCUT2D eigenvalue weighted by atomic mass is 16.6. The summed E-state index contributed by atoms with van der Waals surface area (Å²) in [5.74, 6) is -2.62. The Morgan fingerprint density at radius 3 is 2.56 bits per heavy atom. The molecule has 8 heteroatoms. The van der Waals surface area contributed by atoms with Crippen LogP contribution in [-0.2, 0) is 23.9 Å². The summed E-state index contributed by atoms with van der Waals surface area (Å²) in [5.41, 5.74) is -2.54. The zero-order valence-corrected chi connectivity index (χ0v) is 21.2. The summed E-state index contributed by atoms with van der Waals surface area (Å²) in [6, 6.07) is -0.883. The smallest absolute Gasteiger partial charge is 0.312 e. The molecule has 0 radical (unpaired) electrons. The summed E-state index contributed by atoms with van der Waals surface area (Å²) in [7, 11) is 0. The summed E-state index contributed by atoms with van der Waals surface area (Å²) in [6.07, 6.45) is 4.68. The van der Waals surface area contributed by atoms with E-state index in [2.05, 4.69) is 13.2 Å². The Kier molecular flexibility index (Phi) is 7.35. The van der Waals surface area contributed by atoms with E-state index >= 15 is 0 Å². The molecule has 0 saturated carbocycles. The van der Waals surface area contributed by atoms with Crippen LogP contribution in [0.4, 0.5) is 0 Å². The van der Waals surface area contributed by atoms with Gasteiger partial charge < -0.3 is 24.4 Å². The molecule has 0 aromatic rings. The van der Waals surface area contributed by atoms with Gasteiger partial charge in [0.05, 0.1) is 18.1 Å². The first kappa shape index (κ1) is 26.4. The van der Waals surface area contributed by atoms with Crippen LogP contribution < -0.4 is 0 Å². The van der Waals surface area contributed by atoms with Gasteiger partial charge in [-0.2, -0.15) is 0 Å². The maximum Gasteiger partial charge on any atom is 0.312 e. The van der Waals surface area contributed by atoms with Crippen molar-refractivity contribution in [1.82, 2.24) is 9.80 Å². The third-order valence-electron chi connectivity index (χ3n) is 7.81. The molecular weight excluding hydrogens is 436 g/mol. The zero-order valence-electron chi connectivity index (χ0n) is 21.2. The number of likely N-dealkylation sites (tertiary alicyclic amines) is 1. The maximum atomic E-state index is 14.1. The number of aliphatic hydroxyl groups is 1. The van der Waals surface area contributed by atoms with Crippen LogP contribution in [-0.4, -0.2) is 81.8 Å². The number of rotatable bonds is 10. The molecule has 6 atom stereocenters. The predicted octanol–water partition coefficient (Wildman–Crippen LogP) is 2.31. The summed E-state index contributed by atoms with van der Waals surface area (Å²) < 4.78 is 12.2. The monoisotopic (exact) mass is 476 g/mol. The largest absolute Gasteiger partial charge is 0.465 e. The first-order valence-corrected chi connectivity index (χ1v) is 12.2. The van der Waals surface area contributed by atoms with Gasteiger partial charge >= 0.3 is 5.97 Å². The summed E-state index contributed by atoms with van der Waals surface area (Å²) in [5, 5.41) is 9.48. The minimum absolute atomic E-state index is 0.0518. The first-order chi connectivity index (χ1) is 15.9. The lowest BCUT2D eigenvalue weighted by Crippen LogP contribution is -2.60. The molecule has 3 aliphatic heterocycles. The molecule has 34 heavy (non-hydrogen) atoms. The van der Waals surface area contributed by atoms with E-state index in [4.69, 9.17) is 9.47 Å². The Labute approximate surface area is 202 Å². The number of hydrogen-bond donors (Lipinski definition) is 1. The topological polar surface area (TPSA) is 96.4 Å². The van der Waals surface area contributed by atoms with Crippen molar-refractivity contribution in [2.75, 3.05) is 26.3 Å². The molecule has 3 rings (SSSR count). The van der Waals surface area contributed by atoms with Gasteiger partial charge in [-0.1, -0.05) is 19.1 Å². The number of hydrogen-bond acceptors (Lipinski definition) is 6. The zero-order chi connectivity index (χ0) is 25.5. The fourth-order valence-corrected chi connectivity index (χ4v) is 6.16. The molecule has 0 aromatic carbocycles. The third-order valence-corrected chi connectivity index (χ3v) is 7.81. The van der Waals surface area contributed by atoms with Crippen LogP contribution in [0, 0.1) is 17.8 Å². The lowest BCUT2D eigenvalue weighted by atomic mass is 9.62. The minimum Gasteiger partial charge on any atom is -0.465 e. The second kappa shape index (κ2) is 9.46. The Morgan fingerprint density at radius 1 is 1.32 bits per heavy atom. The van der Waals surface area contributed by atoms with Gasteiger partial charge in [0.15, 0.2) is 0 Å². The SMILES string of the molecule is C=CCCOC(=O)[C@@H]1[C@H]2C(=O)N(CCCO)C(C(=O)N(CC=C)C(C)(C)C)C23CC(C)[C@@]1(C)O3. The summed E-state index contributed by atoms with van der Waals surface area (Å²) >= 11 is 0. The molecule has 1 spiro atoms. The van der Waals surface area contributed by atoms with E-state index in [1.807, 2.05) is 34.6 Å². The van der Waals surface area contributed by atoms with Gasteiger partial charge in [0.2, 0.25) is 11.8 Å². The molecule has 3 fully saturated rings. The maximum absolute atomic E-state index is 14.1. The summed E-state index contributed by atoms with van der Waals surface area (Å²) in [6.45, 7) is 17.8. The van der Waals surface area contributed by atoms with Crippen molar-refractivity contribution in [2.45, 2.75) is 76.7 Å². The quantitative estimate of drug-likeness (QED) is 0.295. The fourth-order valence-electron chi connectivity index (χ4n) is 6.16. The number of fused-ring (bicyclic) bond motifs is 1. The van der Waals surface area contributed by atoms with Crippen LogP contribution in [0.5, 0.6) is 0 Å². The lowest BCUT2D eigenvalue weighted by Gasteiger charge is -2.42. The van der Waals surface area contributed by atoms with Gasteiger partial charge in [0, 0.05) is 25.2 Å². The minimum atomic E-state index is -1.12. The van der Waals surface area contributed by atoms with Crippen molar-refractivity contribution in [2.24, 2.45) is 17.8 Å². The number of nitrogens with zero attached hydrogens (tertiary/aromatic N) is 2. The van der Waals surface area contributed by atoms with Crippen LogP contribution in [0.3, 0.4) is 0 Å². The van der Waals surface area contributed by atoms with E-state index in [1.54, 1.807) is 17.1 Å². The van der Waals surface area contributed by atoms with Crippen molar-refractivity contribution in [1.29, 1.82) is 0 Å². The number of carbonyl (C=O) groups is 3. The summed E-state index contributed by atoms with van der Waals surface area (Å²) in [4.78, 5) is 44.5. The van der Waals surface area contributed by atoms with Crippen molar-refractivity contribution in [3.63, 3.8) is 0 Å². The second-order valence-electron chi connectivity index (χ2n) is 11.0. The van der Waals surface area contributed by atoms with E-state index in [0.29, 0.717) is 25.8 Å². The Balaban J connectivity index is 2.09. The third kappa shape index (κ3) is 3.98. The molecule has 3 heterocycles. The van der Waals surface area contributed by atoms with Crippen molar-refractivity contribution in [3.05, 3.63) is 25.3 Å². The van der Waals surface area contributed by atoms with Crippen LogP contribution in [0.25, 0.3) is 0 Å². The number of ether oxygens (including phenoxy) is 2. The molecule has 3 aliphatic rings. The van der Waals surface area contributed by atoms with E-state index in [1.165, 1.54) is 4.90 Å². The number of esters is 1. The van der Waals surface area contributed by atoms with Crippen LogP contribution >= 0.6 is 0 Å². The van der Waals surface area contributed by atoms with E-state index in [0.717, 1.165) is 0 Å². The predicted molar refractivity (Wildman–Crippen MR) is 128 cm³/mol. The number of aliphatic hydroxyl groups excluding tert-OH is 1. The average Bonchev–Trinajstić information content (AvgIpc) is 3.26. The fraction of sp³-hybridized carbons (Fsp3) is 0.731. The molecule has 3 unspecified atom stereocenters. The molecule has 2 amide bonds. The Hall–Kier alpha value is -2.19. The standard InChI is InChI=1S/C26H40N2O6/c1-8-10-15-33-23(32)19-18-21(30)27(13-11-14-29)20(22(31)28(12-9-2)24(4,5)6)26(18)16-17(3)25(19,7)34-26/h8-9,17-20,29H,1-2,10-16H2,3-7H3/t17?,18-,19-,20?,25+,26?/m0/s1. The van der Waals surface area contributed by atoms with E-state index < -0.39 is 40.6 Å². The van der Waals surface area contributed by atoms with Crippen LogP contribution in [0.2, 0.25) is 0 Å². The van der Waals surface area contributed by atoms with Gasteiger partial charge in [-0.25, -0.2) is 0 Å². The molecule has 2 bridgehead atoms. The van der Waals surface area contributed by atoms with Crippen molar-refractivity contribution >= 4 is 17.8 Å². The average molecular weight is 477 g/mol. The van der Waals surface area contributed by atoms with Crippen LogP contribution in [0.15, 0.2) is 25.3 Å². The van der Waals surface area contributed by atoms with Crippen molar-refractivity contribution in [3.8, 4) is 0 Å². The van der Waals surface area contributed by atoms with Gasteiger partial charge in [-0.3, -0.25) is 14.4 Å². The molecule has 1 N–H and O–H groups in total. The van der Waals surface area contributed by atoms with Gasteiger partial charge in [0.25, 0.3) is 0 Å². The normalized spacial score (nSPS) is 34.2. The highest BCUT2D eigenvalue weighted by Gasteiger charge is 2.80. The van der Waals surface area contributed by atoms with E-state index in [-0.39, 0.29) is 37.5 Å². The highest BCUT2D eigenvalue weighted by Crippen LogP contribution is 2.65. The van der Waals surface area contributed by atoms with Gasteiger partial charge in [-0.15, -0.1) is 13.2 Å². The van der Waals surface area contributed by atoms with E-state index in [9.17, 15) is 19.5 Å². The number of carbonyl (C=O) groups excluding carboxylic acids is 3. The second-order valence-corrected chi connectivity index (χ2v) is 11.0. The van der Waals surface area contributed by atoms with Crippen LogP contribution in [0.1, 0.15) is 53.9 Å². The lowest BCUT2D eigenvalue weighted by molar-refractivity contribution is -0.162. The molecule has 0 aromatic heterocycles. The number of amides is 2. The Morgan fingerprint density at radius 2 is 2.00 bits per heavy atom. The van der Waals surface area contributed by atoms with Gasteiger partial charge in [0.1, 0.15) is 17.6 Å². The van der Waals surface area contributed by atoms with Crippen molar-refractivity contribution < 1.29 is 29.0 Å². The van der Waals surface area contributed by atoms with Gasteiger partial charge in [-0.05, 0) is 52.9 Å². The molecule has 190 valence electrons. The molecular formula is C26H40N2O6. The molecule has 8 nitrogen and oxygen atoms in total. The Bertz CT molecular complexity index is 851.